The van der Waals surface area contributed by atoms with Gasteiger partial charge >= 0.3 is 0 Å². The summed E-state index contributed by atoms with van der Waals surface area (Å²) in [5.41, 5.74) is -0.972. The van der Waals surface area contributed by atoms with Crippen molar-refractivity contribution in [3.05, 3.63) is 12.3 Å². The van der Waals surface area contributed by atoms with E-state index in [-0.39, 0.29) is 24.6 Å². The minimum atomic E-state index is -0.972. The molecule has 3 aliphatic rings. The van der Waals surface area contributed by atoms with Crippen molar-refractivity contribution >= 4 is 17.7 Å². The lowest BCUT2D eigenvalue weighted by molar-refractivity contribution is -0.141. The van der Waals surface area contributed by atoms with Gasteiger partial charge in [0.15, 0.2) is 0 Å². The van der Waals surface area contributed by atoms with E-state index in [9.17, 15) is 9.90 Å². The van der Waals surface area contributed by atoms with E-state index in [1.54, 1.807) is 6.20 Å². The van der Waals surface area contributed by atoms with Crippen molar-refractivity contribution < 1.29 is 9.90 Å². The predicted octanol–water partition coefficient (Wildman–Crippen LogP) is 3.71. The van der Waals surface area contributed by atoms with Gasteiger partial charge in [-0.3, -0.25) is 4.79 Å². The Kier molecular flexibility index (Phi) is 9.60. The fraction of sp³-hybridized carbons (Fsp3) is 0.815. The van der Waals surface area contributed by atoms with Gasteiger partial charge in [0.05, 0.1) is 0 Å². The molecule has 1 aliphatic carbocycles. The normalized spacial score (nSPS) is 23.8. The van der Waals surface area contributed by atoms with Crippen LogP contribution >= 0.6 is 0 Å². The van der Waals surface area contributed by atoms with E-state index in [0.29, 0.717) is 18.9 Å². The second-order valence-electron chi connectivity index (χ2n) is 10.6. The topological polar surface area (TPSA) is 93.6 Å². The number of carbonyl (C=O) groups excluding carboxylic acids is 1. The average molecular weight is 487 g/mol. The lowest BCUT2D eigenvalue weighted by Gasteiger charge is -2.46. The highest BCUT2D eigenvalue weighted by Gasteiger charge is 2.49. The van der Waals surface area contributed by atoms with Crippen LogP contribution in [0.15, 0.2) is 12.3 Å². The minimum Gasteiger partial charge on any atom is -0.396 e. The van der Waals surface area contributed by atoms with Gasteiger partial charge in [-0.25, -0.2) is 4.98 Å². The standard InChI is InChI=1S/C27H46N6O2/c1-2-33(22-12-6-5-7-13-22)25(35)27(16-21-34,23-14-8-9-17-28-23)31-26-29-18-15-24(30-26)32-19-10-3-4-11-20-32/h15,18,22-23,28,34H,2-14,16-17,19-21H2,1H3,(H,29,30,31). The molecule has 3 heterocycles. The Morgan fingerprint density at radius 2 is 1.83 bits per heavy atom. The quantitative estimate of drug-likeness (QED) is 0.490. The van der Waals surface area contributed by atoms with Crippen LogP contribution in [0.4, 0.5) is 11.8 Å². The van der Waals surface area contributed by atoms with Gasteiger partial charge in [0.1, 0.15) is 11.4 Å². The van der Waals surface area contributed by atoms with Crippen molar-refractivity contribution in [1.82, 2.24) is 20.2 Å². The summed E-state index contributed by atoms with van der Waals surface area (Å²) in [5, 5.41) is 17.4. The molecule has 0 bridgehead atoms. The van der Waals surface area contributed by atoms with Gasteiger partial charge in [-0.2, -0.15) is 4.98 Å². The Morgan fingerprint density at radius 3 is 2.49 bits per heavy atom. The SMILES string of the molecule is CCN(C(=O)C(CCO)(Nc1nccc(N2CCCCCC2)n1)C1CCCCN1)C1CCCCC1. The van der Waals surface area contributed by atoms with E-state index in [4.69, 9.17) is 4.98 Å². The maximum absolute atomic E-state index is 14.5. The summed E-state index contributed by atoms with van der Waals surface area (Å²) >= 11 is 0. The van der Waals surface area contributed by atoms with E-state index in [1.807, 2.05) is 6.07 Å². The molecule has 4 rings (SSSR count). The van der Waals surface area contributed by atoms with Crippen LogP contribution in [0.2, 0.25) is 0 Å². The lowest BCUT2D eigenvalue weighted by Crippen LogP contribution is -2.67. The van der Waals surface area contributed by atoms with Crippen LogP contribution in [0.3, 0.4) is 0 Å². The third kappa shape index (κ3) is 6.26. The van der Waals surface area contributed by atoms with Gasteiger partial charge in [0.2, 0.25) is 11.9 Å². The van der Waals surface area contributed by atoms with Crippen molar-refractivity contribution in [3.63, 3.8) is 0 Å². The molecule has 2 aliphatic heterocycles. The van der Waals surface area contributed by atoms with Crippen molar-refractivity contribution in [2.45, 2.75) is 108 Å². The third-order valence-electron chi connectivity index (χ3n) is 8.32. The zero-order chi connectivity index (χ0) is 24.5. The van der Waals surface area contributed by atoms with Crippen LogP contribution in [-0.4, -0.2) is 76.3 Å². The van der Waals surface area contributed by atoms with E-state index in [2.05, 4.69) is 32.3 Å². The number of nitrogens with one attached hydrogen (secondary N) is 2. The monoisotopic (exact) mass is 486 g/mol. The Bertz CT molecular complexity index is 788. The summed E-state index contributed by atoms with van der Waals surface area (Å²) in [6.45, 7) is 5.60. The molecule has 1 saturated carbocycles. The first-order valence-electron chi connectivity index (χ1n) is 14.2. The molecule has 35 heavy (non-hydrogen) atoms. The van der Waals surface area contributed by atoms with E-state index >= 15 is 0 Å². The zero-order valence-electron chi connectivity index (χ0n) is 21.7. The summed E-state index contributed by atoms with van der Waals surface area (Å²) in [6, 6.07) is 2.18. The summed E-state index contributed by atoms with van der Waals surface area (Å²) in [6.07, 6.45) is 15.8. The van der Waals surface area contributed by atoms with Gasteiger partial charge in [-0.05, 0) is 58.1 Å². The number of likely N-dealkylation sites (N-methyl/N-ethyl adjacent to an activating group) is 1. The molecule has 0 radical (unpaired) electrons. The first-order valence-corrected chi connectivity index (χ1v) is 14.2. The predicted molar refractivity (Wildman–Crippen MR) is 141 cm³/mol. The Morgan fingerprint density at radius 1 is 1.11 bits per heavy atom. The average Bonchev–Trinajstić information content (AvgIpc) is 3.20. The third-order valence-corrected chi connectivity index (χ3v) is 8.32. The molecule has 3 fully saturated rings. The molecule has 1 aromatic heterocycles. The largest absolute Gasteiger partial charge is 0.396 e. The van der Waals surface area contributed by atoms with Crippen molar-refractivity contribution in [2.24, 2.45) is 0 Å². The molecule has 1 aromatic rings. The number of amides is 1. The number of aromatic nitrogens is 2. The number of hydrogen-bond acceptors (Lipinski definition) is 7. The second kappa shape index (κ2) is 12.9. The fourth-order valence-electron chi connectivity index (χ4n) is 6.38. The van der Waals surface area contributed by atoms with Gasteiger partial charge in [-0.1, -0.05) is 38.5 Å². The Hall–Kier alpha value is -1.93. The van der Waals surface area contributed by atoms with Crippen LogP contribution < -0.4 is 15.5 Å². The zero-order valence-corrected chi connectivity index (χ0v) is 21.7. The number of piperidine rings is 1. The molecule has 2 atom stereocenters. The molecular formula is C27H46N6O2. The van der Waals surface area contributed by atoms with Crippen LogP contribution in [0, 0.1) is 0 Å². The molecular weight excluding hydrogens is 440 g/mol. The number of carbonyl (C=O) groups is 1. The van der Waals surface area contributed by atoms with Gasteiger partial charge in [-0.15, -0.1) is 0 Å². The van der Waals surface area contributed by atoms with Crippen LogP contribution in [0.5, 0.6) is 0 Å². The van der Waals surface area contributed by atoms with E-state index in [1.165, 1.54) is 44.9 Å². The molecule has 196 valence electrons. The summed E-state index contributed by atoms with van der Waals surface area (Å²) in [5.74, 6) is 1.50. The van der Waals surface area contributed by atoms with Gasteiger partial charge in [0.25, 0.3) is 0 Å². The minimum absolute atomic E-state index is 0.0645. The van der Waals surface area contributed by atoms with Gasteiger partial charge in [0, 0.05) is 50.9 Å². The molecule has 2 unspecified atom stereocenters. The lowest BCUT2D eigenvalue weighted by atomic mass is 9.79. The highest BCUT2D eigenvalue weighted by molar-refractivity contribution is 5.90. The molecule has 8 heteroatoms. The number of rotatable bonds is 9. The van der Waals surface area contributed by atoms with E-state index < -0.39 is 5.54 Å². The smallest absolute Gasteiger partial charge is 0.250 e. The highest BCUT2D eigenvalue weighted by Crippen LogP contribution is 2.32. The Balaban J connectivity index is 1.65. The van der Waals surface area contributed by atoms with E-state index in [0.717, 1.165) is 57.6 Å². The van der Waals surface area contributed by atoms with Crippen molar-refractivity contribution in [2.75, 3.05) is 43.0 Å². The van der Waals surface area contributed by atoms with Crippen LogP contribution in [0.1, 0.15) is 90.4 Å². The highest BCUT2D eigenvalue weighted by atomic mass is 16.3. The number of nitrogens with zero attached hydrogens (tertiary/aromatic N) is 4. The molecule has 2 saturated heterocycles. The van der Waals surface area contributed by atoms with Crippen molar-refractivity contribution in [1.29, 1.82) is 0 Å². The first kappa shape index (κ1) is 26.1. The van der Waals surface area contributed by atoms with Gasteiger partial charge < -0.3 is 25.5 Å². The fourth-order valence-corrected chi connectivity index (χ4v) is 6.38. The number of anilines is 2. The number of aliphatic hydroxyl groups is 1. The second-order valence-corrected chi connectivity index (χ2v) is 10.6. The maximum Gasteiger partial charge on any atom is 0.250 e. The first-order chi connectivity index (χ1) is 17.2. The maximum atomic E-state index is 14.5. The number of aliphatic hydroxyl groups excluding tert-OH is 1. The molecule has 1 amide bonds. The van der Waals surface area contributed by atoms with Crippen molar-refractivity contribution in [3.8, 4) is 0 Å². The summed E-state index contributed by atoms with van der Waals surface area (Å²) in [7, 11) is 0. The molecule has 8 nitrogen and oxygen atoms in total. The molecule has 0 spiro atoms. The van der Waals surface area contributed by atoms with Crippen LogP contribution in [-0.2, 0) is 4.79 Å². The summed E-state index contributed by atoms with van der Waals surface area (Å²) < 4.78 is 0. The number of hydrogen-bond donors (Lipinski definition) is 3. The Labute approximate surface area is 211 Å². The molecule has 0 aromatic carbocycles. The molecule has 3 N–H and O–H groups in total. The summed E-state index contributed by atoms with van der Waals surface area (Å²) in [4.78, 5) is 28.4. The van der Waals surface area contributed by atoms with Crippen LogP contribution in [0.25, 0.3) is 0 Å².